The summed E-state index contributed by atoms with van der Waals surface area (Å²) in [6.45, 7) is 5.60. The van der Waals surface area contributed by atoms with Crippen molar-refractivity contribution in [2.24, 2.45) is 0 Å². The summed E-state index contributed by atoms with van der Waals surface area (Å²) < 4.78 is 0.985. The molecule has 1 aromatic carbocycles. The summed E-state index contributed by atoms with van der Waals surface area (Å²) in [7, 11) is 0. The third kappa shape index (κ3) is 3.81. The lowest BCUT2D eigenvalue weighted by molar-refractivity contribution is 0.0765. The maximum absolute atomic E-state index is 12.4. The fraction of sp³-hybridized carbons (Fsp3) is 0.462. The minimum absolute atomic E-state index is 0.116. The van der Waals surface area contributed by atoms with Crippen molar-refractivity contribution >= 4 is 37.8 Å². The van der Waals surface area contributed by atoms with Crippen LogP contribution in [0.2, 0.25) is 0 Å². The molecular weight excluding hydrogens is 346 g/mol. The van der Waals surface area contributed by atoms with Crippen LogP contribution in [0.3, 0.4) is 0 Å². The van der Waals surface area contributed by atoms with Gasteiger partial charge in [-0.05, 0) is 31.0 Å². The number of rotatable bonds is 5. The first kappa shape index (κ1) is 14.7. The molecule has 94 valence electrons. The predicted octanol–water partition coefficient (Wildman–Crippen LogP) is 4.00. The Balaban J connectivity index is 2.96. The molecule has 0 aromatic heterocycles. The minimum Gasteiger partial charge on any atom is -0.338 e. The van der Waals surface area contributed by atoms with Crippen LogP contribution in [0.5, 0.6) is 0 Å². The standard InChI is InChI=1S/C13H17Br2NO/c1-3-8-16(9-7-14)13(17)11-5-4-6-12(15)10(11)2/h4-6H,3,7-9H2,1-2H3. The molecule has 0 saturated carbocycles. The Morgan fingerprint density at radius 1 is 1.35 bits per heavy atom. The Bertz CT molecular complexity index is 387. The number of hydrogen-bond acceptors (Lipinski definition) is 1. The monoisotopic (exact) mass is 361 g/mol. The van der Waals surface area contributed by atoms with Gasteiger partial charge in [0.1, 0.15) is 0 Å². The Morgan fingerprint density at radius 2 is 2.06 bits per heavy atom. The second-order valence-electron chi connectivity index (χ2n) is 3.89. The van der Waals surface area contributed by atoms with E-state index in [0.29, 0.717) is 0 Å². The summed E-state index contributed by atoms with van der Waals surface area (Å²) in [6.07, 6.45) is 0.978. The molecule has 0 radical (unpaired) electrons. The van der Waals surface area contributed by atoms with Crippen LogP contribution in [0.25, 0.3) is 0 Å². The maximum atomic E-state index is 12.4. The van der Waals surface area contributed by atoms with Gasteiger partial charge in [-0.25, -0.2) is 0 Å². The zero-order valence-electron chi connectivity index (χ0n) is 10.2. The van der Waals surface area contributed by atoms with E-state index in [1.165, 1.54) is 0 Å². The van der Waals surface area contributed by atoms with Gasteiger partial charge in [0.25, 0.3) is 5.91 Å². The van der Waals surface area contributed by atoms with Crippen molar-refractivity contribution < 1.29 is 4.79 Å². The van der Waals surface area contributed by atoms with Gasteiger partial charge >= 0.3 is 0 Å². The van der Waals surface area contributed by atoms with Crippen molar-refractivity contribution in [3.8, 4) is 0 Å². The van der Waals surface area contributed by atoms with Crippen LogP contribution in [0, 0.1) is 6.92 Å². The van der Waals surface area contributed by atoms with E-state index in [2.05, 4.69) is 38.8 Å². The summed E-state index contributed by atoms with van der Waals surface area (Å²) in [5, 5.41) is 0.811. The predicted molar refractivity (Wildman–Crippen MR) is 78.9 cm³/mol. The van der Waals surface area contributed by atoms with Crippen molar-refractivity contribution in [1.82, 2.24) is 4.90 Å². The lowest BCUT2D eigenvalue weighted by Crippen LogP contribution is -2.33. The number of alkyl halides is 1. The number of nitrogens with zero attached hydrogens (tertiary/aromatic N) is 1. The van der Waals surface area contributed by atoms with Gasteiger partial charge in [-0.1, -0.05) is 44.8 Å². The topological polar surface area (TPSA) is 20.3 Å². The smallest absolute Gasteiger partial charge is 0.254 e. The number of benzene rings is 1. The van der Waals surface area contributed by atoms with Gasteiger partial charge < -0.3 is 4.90 Å². The first-order valence-corrected chi connectivity index (χ1v) is 7.63. The van der Waals surface area contributed by atoms with E-state index in [0.717, 1.165) is 40.4 Å². The number of amides is 1. The van der Waals surface area contributed by atoms with Gasteiger partial charge in [0.2, 0.25) is 0 Å². The summed E-state index contributed by atoms with van der Waals surface area (Å²) in [5.41, 5.74) is 1.79. The summed E-state index contributed by atoms with van der Waals surface area (Å²) in [4.78, 5) is 14.3. The number of hydrogen-bond donors (Lipinski definition) is 0. The van der Waals surface area contributed by atoms with Crippen molar-refractivity contribution in [1.29, 1.82) is 0 Å². The van der Waals surface area contributed by atoms with Crippen LogP contribution >= 0.6 is 31.9 Å². The number of carbonyl (C=O) groups is 1. The van der Waals surface area contributed by atoms with E-state index in [9.17, 15) is 4.79 Å². The van der Waals surface area contributed by atoms with Crippen molar-refractivity contribution in [3.05, 3.63) is 33.8 Å². The van der Waals surface area contributed by atoms with Gasteiger partial charge in [0, 0.05) is 28.5 Å². The molecule has 0 bridgehead atoms. The van der Waals surface area contributed by atoms with E-state index >= 15 is 0 Å². The van der Waals surface area contributed by atoms with E-state index in [-0.39, 0.29) is 5.91 Å². The van der Waals surface area contributed by atoms with Gasteiger partial charge in [-0.15, -0.1) is 0 Å². The molecule has 0 heterocycles. The SMILES string of the molecule is CCCN(CCBr)C(=O)c1cccc(Br)c1C. The van der Waals surface area contributed by atoms with Crippen LogP contribution in [0.4, 0.5) is 0 Å². The first-order chi connectivity index (χ1) is 8.11. The molecule has 0 unspecified atom stereocenters. The molecule has 0 aliphatic carbocycles. The van der Waals surface area contributed by atoms with Crippen molar-refractivity contribution in [2.75, 3.05) is 18.4 Å². The van der Waals surface area contributed by atoms with Crippen LogP contribution < -0.4 is 0 Å². The Kier molecular flexibility index (Phi) is 6.20. The molecule has 0 spiro atoms. The van der Waals surface area contributed by atoms with Crippen LogP contribution in [0.15, 0.2) is 22.7 Å². The Hall–Kier alpha value is -0.350. The van der Waals surface area contributed by atoms with E-state index in [4.69, 9.17) is 0 Å². The van der Waals surface area contributed by atoms with Crippen LogP contribution in [-0.2, 0) is 0 Å². The third-order valence-electron chi connectivity index (χ3n) is 2.63. The molecule has 0 atom stereocenters. The normalized spacial score (nSPS) is 10.4. The second kappa shape index (κ2) is 7.17. The highest BCUT2D eigenvalue weighted by atomic mass is 79.9. The molecule has 0 saturated heterocycles. The van der Waals surface area contributed by atoms with Crippen LogP contribution in [0.1, 0.15) is 29.3 Å². The molecule has 2 nitrogen and oxygen atoms in total. The summed E-state index contributed by atoms with van der Waals surface area (Å²) in [6, 6.07) is 5.75. The Labute approximate surface area is 120 Å². The molecule has 0 fully saturated rings. The average Bonchev–Trinajstić information content (AvgIpc) is 2.31. The molecule has 1 rings (SSSR count). The molecule has 17 heavy (non-hydrogen) atoms. The fourth-order valence-electron chi connectivity index (χ4n) is 1.70. The second-order valence-corrected chi connectivity index (χ2v) is 5.54. The summed E-state index contributed by atoms with van der Waals surface area (Å²) >= 11 is 6.85. The highest BCUT2D eigenvalue weighted by Crippen LogP contribution is 2.20. The van der Waals surface area contributed by atoms with Gasteiger partial charge in [-0.3, -0.25) is 4.79 Å². The Morgan fingerprint density at radius 3 is 2.65 bits per heavy atom. The minimum atomic E-state index is 0.116. The highest BCUT2D eigenvalue weighted by molar-refractivity contribution is 9.10. The van der Waals surface area contributed by atoms with Crippen LogP contribution in [-0.4, -0.2) is 29.2 Å². The molecule has 4 heteroatoms. The lowest BCUT2D eigenvalue weighted by atomic mass is 10.1. The molecule has 0 aliphatic heterocycles. The lowest BCUT2D eigenvalue weighted by Gasteiger charge is -2.22. The maximum Gasteiger partial charge on any atom is 0.254 e. The first-order valence-electron chi connectivity index (χ1n) is 5.72. The molecule has 0 aliphatic rings. The van der Waals surface area contributed by atoms with E-state index in [1.807, 2.05) is 30.0 Å². The van der Waals surface area contributed by atoms with E-state index < -0.39 is 0 Å². The highest BCUT2D eigenvalue weighted by Gasteiger charge is 2.17. The molecule has 1 amide bonds. The van der Waals surface area contributed by atoms with Crippen molar-refractivity contribution in [2.45, 2.75) is 20.3 Å². The van der Waals surface area contributed by atoms with Crippen molar-refractivity contribution in [3.63, 3.8) is 0 Å². The fourth-order valence-corrected chi connectivity index (χ4v) is 2.49. The summed E-state index contributed by atoms with van der Waals surface area (Å²) in [5.74, 6) is 0.116. The number of halogens is 2. The van der Waals surface area contributed by atoms with E-state index in [1.54, 1.807) is 0 Å². The molecular formula is C13H17Br2NO. The zero-order valence-corrected chi connectivity index (χ0v) is 13.3. The molecule has 0 N–H and O–H groups in total. The van der Waals surface area contributed by atoms with Gasteiger partial charge in [-0.2, -0.15) is 0 Å². The molecule has 1 aromatic rings. The van der Waals surface area contributed by atoms with Gasteiger partial charge in [0.05, 0.1) is 0 Å². The quantitative estimate of drug-likeness (QED) is 0.725. The van der Waals surface area contributed by atoms with Gasteiger partial charge in [0.15, 0.2) is 0 Å². The largest absolute Gasteiger partial charge is 0.338 e. The zero-order chi connectivity index (χ0) is 12.8. The average molecular weight is 363 g/mol. The third-order valence-corrected chi connectivity index (χ3v) is 3.85. The number of carbonyl (C=O) groups excluding carboxylic acids is 1.